The molecular formula is C23H28N6O4S. The van der Waals surface area contributed by atoms with Crippen LogP contribution in [0.4, 0.5) is 5.69 Å². The monoisotopic (exact) mass is 484 g/mol. The lowest BCUT2D eigenvalue weighted by molar-refractivity contribution is -0.195. The van der Waals surface area contributed by atoms with E-state index in [4.69, 9.17) is 9.47 Å². The van der Waals surface area contributed by atoms with Crippen LogP contribution < -0.4 is 9.62 Å². The number of pyridine rings is 1. The molecule has 3 atom stereocenters. The van der Waals surface area contributed by atoms with Crippen molar-refractivity contribution in [2.75, 3.05) is 50.9 Å². The average Bonchev–Trinajstić information content (AvgIpc) is 3.41. The number of nitrogens with zero attached hydrogens (tertiary/aromatic N) is 5. The van der Waals surface area contributed by atoms with Crippen molar-refractivity contribution >= 4 is 35.0 Å². The minimum Gasteiger partial charge on any atom is -0.372 e. The second-order valence-corrected chi connectivity index (χ2v) is 11.1. The van der Waals surface area contributed by atoms with Crippen LogP contribution >= 0.6 is 11.9 Å². The van der Waals surface area contributed by atoms with Crippen LogP contribution in [0.15, 0.2) is 23.4 Å². The van der Waals surface area contributed by atoms with Gasteiger partial charge in [-0.3, -0.25) is 18.7 Å². The normalized spacial score (nSPS) is 29.4. The Morgan fingerprint density at radius 3 is 2.88 bits per heavy atom. The van der Waals surface area contributed by atoms with Crippen LogP contribution in [0.25, 0.3) is 5.52 Å². The van der Waals surface area contributed by atoms with Gasteiger partial charge in [-0.15, -0.1) is 0 Å². The maximum absolute atomic E-state index is 13.3. The molecule has 2 aromatic rings. The van der Waals surface area contributed by atoms with Crippen molar-refractivity contribution in [3.8, 4) is 0 Å². The molecule has 0 bridgehead atoms. The third kappa shape index (κ3) is 3.32. The summed E-state index contributed by atoms with van der Waals surface area (Å²) in [5.74, 6) is 0.463. The second kappa shape index (κ2) is 7.58. The zero-order chi connectivity index (χ0) is 23.0. The van der Waals surface area contributed by atoms with Crippen molar-refractivity contribution < 1.29 is 19.1 Å². The molecule has 6 heterocycles. The van der Waals surface area contributed by atoms with Gasteiger partial charge < -0.3 is 24.2 Å². The van der Waals surface area contributed by atoms with Gasteiger partial charge in [-0.2, -0.15) is 0 Å². The van der Waals surface area contributed by atoms with Crippen LogP contribution in [0.2, 0.25) is 0 Å². The molecular weight excluding hydrogens is 456 g/mol. The summed E-state index contributed by atoms with van der Waals surface area (Å²) >= 11 is 1.61. The highest BCUT2D eigenvalue weighted by molar-refractivity contribution is 7.97. The van der Waals surface area contributed by atoms with E-state index in [0.717, 1.165) is 22.6 Å². The number of nitrogens with one attached hydrogen (secondary N) is 1. The fourth-order valence-electron chi connectivity index (χ4n) is 5.24. The standard InChI is InChI=1S/C23H28N6O4S/c1-23(2-3-23)25-34-15-6-16(26-4-5-27-14(8-26)11-32-13-20(27)30)17-7-24-21(28(17)9-15)22(31)29-10-19-18(29)12-33-19/h6-7,9,14,18-19,25H,2-5,8,10-13H2,1H3/t14?,18-,19?/m0/s1. The van der Waals surface area contributed by atoms with Crippen molar-refractivity contribution in [1.82, 2.24) is 23.9 Å². The summed E-state index contributed by atoms with van der Waals surface area (Å²) in [6.07, 6.45) is 6.34. The van der Waals surface area contributed by atoms with Gasteiger partial charge in [-0.05, 0) is 37.8 Å². The van der Waals surface area contributed by atoms with Gasteiger partial charge in [0.1, 0.15) is 6.61 Å². The maximum Gasteiger partial charge on any atom is 0.290 e. The number of hydrogen-bond donors (Lipinski definition) is 1. The maximum atomic E-state index is 13.3. The highest BCUT2D eigenvalue weighted by Crippen LogP contribution is 2.39. The van der Waals surface area contributed by atoms with Gasteiger partial charge in [0.2, 0.25) is 11.7 Å². The number of piperazine rings is 1. The summed E-state index contributed by atoms with van der Waals surface area (Å²) in [5.41, 5.74) is 2.12. The molecule has 5 aliphatic rings. The fraction of sp³-hybridized carbons (Fsp3) is 0.609. The van der Waals surface area contributed by atoms with E-state index in [1.807, 2.05) is 20.4 Å². The number of carbonyl (C=O) groups is 2. The van der Waals surface area contributed by atoms with E-state index in [1.165, 1.54) is 12.8 Å². The SMILES string of the molecule is CC1(NSc2cc(N3CCN4C(=O)COCC4C3)c3cnc(C(=O)N4CC5OC[C@@H]54)n3c2)CC1. The summed E-state index contributed by atoms with van der Waals surface area (Å²) in [5, 5.41) is 0. The molecule has 5 fully saturated rings. The van der Waals surface area contributed by atoms with E-state index in [-0.39, 0.29) is 42.1 Å². The summed E-state index contributed by atoms with van der Waals surface area (Å²) < 4.78 is 16.5. The number of carbonyl (C=O) groups excluding carboxylic acids is 2. The first-order valence-corrected chi connectivity index (χ1v) is 12.8. The number of amides is 2. The Labute approximate surface area is 201 Å². The topological polar surface area (TPSA) is 91.7 Å². The zero-order valence-corrected chi connectivity index (χ0v) is 19.9. The quantitative estimate of drug-likeness (QED) is 0.622. The molecule has 1 saturated carbocycles. The Morgan fingerprint density at radius 2 is 2.15 bits per heavy atom. The van der Waals surface area contributed by atoms with Crippen molar-refractivity contribution in [1.29, 1.82) is 0 Å². The number of morpholine rings is 2. The summed E-state index contributed by atoms with van der Waals surface area (Å²) in [6, 6.07) is 2.40. The predicted octanol–water partition coefficient (Wildman–Crippen LogP) is 0.754. The van der Waals surface area contributed by atoms with E-state index in [0.29, 0.717) is 38.7 Å². The van der Waals surface area contributed by atoms with Gasteiger partial charge in [-0.1, -0.05) is 0 Å². The molecule has 180 valence electrons. The zero-order valence-electron chi connectivity index (χ0n) is 19.1. The number of ether oxygens (including phenoxy) is 2. The minimum atomic E-state index is -0.0455. The van der Waals surface area contributed by atoms with Gasteiger partial charge in [0, 0.05) is 42.8 Å². The Hall–Kier alpha value is -2.34. The lowest BCUT2D eigenvalue weighted by atomic mass is 9.94. The number of fused-ring (bicyclic) bond motifs is 3. The smallest absolute Gasteiger partial charge is 0.290 e. The van der Waals surface area contributed by atoms with E-state index >= 15 is 0 Å². The Balaban J connectivity index is 1.23. The van der Waals surface area contributed by atoms with E-state index in [2.05, 4.69) is 27.6 Å². The summed E-state index contributed by atoms with van der Waals surface area (Å²) in [7, 11) is 0. The number of rotatable bonds is 5. The Morgan fingerprint density at radius 1 is 1.26 bits per heavy atom. The van der Waals surface area contributed by atoms with Crippen LogP contribution in [0.1, 0.15) is 30.4 Å². The van der Waals surface area contributed by atoms with Crippen LogP contribution in [0.5, 0.6) is 0 Å². The molecule has 11 heteroatoms. The van der Waals surface area contributed by atoms with Gasteiger partial charge in [-0.25, -0.2) is 4.98 Å². The molecule has 10 nitrogen and oxygen atoms in total. The largest absolute Gasteiger partial charge is 0.372 e. The van der Waals surface area contributed by atoms with Gasteiger partial charge in [0.05, 0.1) is 48.8 Å². The fourth-order valence-corrected chi connectivity index (χ4v) is 6.14. The van der Waals surface area contributed by atoms with Crippen molar-refractivity contribution in [2.45, 2.75) is 48.4 Å². The summed E-state index contributed by atoms with van der Waals surface area (Å²) in [6.45, 7) is 6.30. The summed E-state index contributed by atoms with van der Waals surface area (Å²) in [4.78, 5) is 37.3. The highest BCUT2D eigenvalue weighted by Gasteiger charge is 2.50. The first-order chi connectivity index (χ1) is 16.5. The third-order valence-corrected chi connectivity index (χ3v) is 8.88. The molecule has 4 saturated heterocycles. The van der Waals surface area contributed by atoms with Crippen molar-refractivity contribution in [3.05, 3.63) is 24.3 Å². The predicted molar refractivity (Wildman–Crippen MR) is 125 cm³/mol. The molecule has 4 aliphatic heterocycles. The molecule has 7 rings (SSSR count). The molecule has 0 aromatic carbocycles. The molecule has 0 spiro atoms. The number of aromatic nitrogens is 2. The Kier molecular flexibility index (Phi) is 4.68. The number of hydrogen-bond acceptors (Lipinski definition) is 8. The number of likely N-dealkylation sites (tertiary alicyclic amines) is 1. The third-order valence-electron chi connectivity index (χ3n) is 7.83. The average molecular weight is 485 g/mol. The van der Waals surface area contributed by atoms with E-state index in [1.54, 1.807) is 18.1 Å². The van der Waals surface area contributed by atoms with Crippen LogP contribution in [0.3, 0.4) is 0 Å². The highest BCUT2D eigenvalue weighted by atomic mass is 32.2. The van der Waals surface area contributed by atoms with Gasteiger partial charge in [0.15, 0.2) is 0 Å². The molecule has 2 aromatic heterocycles. The molecule has 2 amide bonds. The minimum absolute atomic E-state index is 0.0375. The van der Waals surface area contributed by atoms with Gasteiger partial charge >= 0.3 is 0 Å². The number of anilines is 1. The molecule has 1 N–H and O–H groups in total. The molecule has 0 radical (unpaired) electrons. The van der Waals surface area contributed by atoms with E-state index in [9.17, 15) is 9.59 Å². The van der Waals surface area contributed by atoms with Crippen LogP contribution in [0, 0.1) is 0 Å². The lowest BCUT2D eigenvalue weighted by Crippen LogP contribution is -2.71. The van der Waals surface area contributed by atoms with E-state index < -0.39 is 0 Å². The Bertz CT molecular complexity index is 1180. The molecule has 34 heavy (non-hydrogen) atoms. The second-order valence-electron chi connectivity index (χ2n) is 10.3. The lowest BCUT2D eigenvalue weighted by Gasteiger charge is -2.54. The van der Waals surface area contributed by atoms with Crippen LogP contribution in [-0.4, -0.2) is 101 Å². The first kappa shape index (κ1) is 21.0. The van der Waals surface area contributed by atoms with Gasteiger partial charge in [0.25, 0.3) is 5.91 Å². The first-order valence-electron chi connectivity index (χ1n) is 12.0. The van der Waals surface area contributed by atoms with Crippen molar-refractivity contribution in [2.24, 2.45) is 0 Å². The molecule has 2 unspecified atom stereocenters. The number of imidazole rings is 1. The van der Waals surface area contributed by atoms with Crippen molar-refractivity contribution in [3.63, 3.8) is 0 Å². The molecule has 1 aliphatic carbocycles. The van der Waals surface area contributed by atoms with Crippen LogP contribution in [-0.2, 0) is 14.3 Å².